The van der Waals surface area contributed by atoms with Gasteiger partial charge in [-0.15, -0.1) is 0 Å². The minimum atomic E-state index is -0.226. The molecule has 0 aliphatic carbocycles. The van der Waals surface area contributed by atoms with Crippen molar-refractivity contribution >= 4 is 46.1 Å². The molecule has 0 aliphatic rings. The highest BCUT2D eigenvalue weighted by Gasteiger charge is 2.10. The molecule has 6 heteroatoms. The average molecular weight is 396 g/mol. The summed E-state index contributed by atoms with van der Waals surface area (Å²) in [6, 6.07) is 5.19. The average Bonchev–Trinajstić information content (AvgIpc) is 2.40. The molecule has 0 saturated carbocycles. The van der Waals surface area contributed by atoms with Crippen LogP contribution in [0.3, 0.4) is 0 Å². The first-order valence-corrected chi connectivity index (χ1v) is 7.30. The van der Waals surface area contributed by atoms with Gasteiger partial charge < -0.3 is 10.1 Å². The van der Waals surface area contributed by atoms with Crippen LogP contribution in [0.5, 0.6) is 0 Å². The number of methoxy groups -OCH3 is 1. The van der Waals surface area contributed by atoms with Gasteiger partial charge in [-0.25, -0.2) is 0 Å². The van der Waals surface area contributed by atoms with Crippen molar-refractivity contribution in [2.45, 2.75) is 19.3 Å². The second-order valence-electron chi connectivity index (χ2n) is 3.91. The lowest BCUT2D eigenvalue weighted by atomic mass is 10.2. The first-order valence-electron chi connectivity index (χ1n) is 5.84. The smallest absolute Gasteiger partial charge is 0.305 e. The molecule has 0 radical (unpaired) electrons. The summed E-state index contributed by atoms with van der Waals surface area (Å²) >= 11 is 7.95. The van der Waals surface area contributed by atoms with Crippen molar-refractivity contribution in [2.75, 3.05) is 13.7 Å². The van der Waals surface area contributed by atoms with Crippen molar-refractivity contribution in [1.82, 2.24) is 5.32 Å². The van der Waals surface area contributed by atoms with Crippen molar-refractivity contribution in [3.63, 3.8) is 0 Å². The van der Waals surface area contributed by atoms with Crippen LogP contribution >= 0.6 is 34.2 Å². The van der Waals surface area contributed by atoms with Crippen LogP contribution in [-0.4, -0.2) is 25.5 Å². The molecular formula is C13H15ClINO3. The van der Waals surface area contributed by atoms with E-state index in [1.165, 1.54) is 7.11 Å². The molecular weight excluding hydrogens is 381 g/mol. The maximum Gasteiger partial charge on any atom is 0.305 e. The second-order valence-corrected chi connectivity index (χ2v) is 5.51. The Bertz CT molecular complexity index is 465. The van der Waals surface area contributed by atoms with Crippen molar-refractivity contribution in [1.29, 1.82) is 0 Å². The Morgan fingerprint density at radius 1 is 1.37 bits per heavy atom. The van der Waals surface area contributed by atoms with E-state index in [2.05, 4.69) is 32.6 Å². The predicted octanol–water partition coefficient (Wildman–Crippen LogP) is 3.02. The summed E-state index contributed by atoms with van der Waals surface area (Å²) in [5.74, 6) is -0.374. The number of hydrogen-bond donors (Lipinski definition) is 1. The first-order chi connectivity index (χ1) is 9.04. The van der Waals surface area contributed by atoms with Gasteiger partial charge in [0.1, 0.15) is 0 Å². The molecule has 19 heavy (non-hydrogen) atoms. The Balaban J connectivity index is 2.35. The van der Waals surface area contributed by atoms with Gasteiger partial charge in [-0.1, -0.05) is 11.6 Å². The third-order valence-corrected chi connectivity index (χ3v) is 3.67. The van der Waals surface area contributed by atoms with Crippen LogP contribution < -0.4 is 5.32 Å². The minimum Gasteiger partial charge on any atom is -0.469 e. The van der Waals surface area contributed by atoms with Crippen LogP contribution in [0.25, 0.3) is 0 Å². The molecule has 0 fully saturated rings. The summed E-state index contributed by atoms with van der Waals surface area (Å²) in [6.45, 7) is 0.526. The van der Waals surface area contributed by atoms with Gasteiger partial charge in [-0.3, -0.25) is 9.59 Å². The number of rotatable bonds is 6. The van der Waals surface area contributed by atoms with E-state index >= 15 is 0 Å². The number of esters is 1. The summed E-state index contributed by atoms with van der Waals surface area (Å²) in [5.41, 5.74) is 0.570. The molecule has 0 atom stereocenters. The summed E-state index contributed by atoms with van der Waals surface area (Å²) in [7, 11) is 1.37. The molecule has 0 aliphatic heterocycles. The van der Waals surface area contributed by atoms with Gasteiger partial charge in [0.15, 0.2) is 0 Å². The quantitative estimate of drug-likeness (QED) is 0.458. The lowest BCUT2D eigenvalue weighted by Crippen LogP contribution is -2.25. The largest absolute Gasteiger partial charge is 0.469 e. The number of hydrogen-bond acceptors (Lipinski definition) is 3. The van der Waals surface area contributed by atoms with E-state index in [1.807, 2.05) is 0 Å². The number of unbranched alkanes of at least 4 members (excludes halogenated alkanes) is 1. The van der Waals surface area contributed by atoms with Crippen molar-refractivity contribution in [3.05, 3.63) is 32.4 Å². The van der Waals surface area contributed by atoms with Crippen molar-refractivity contribution < 1.29 is 14.3 Å². The van der Waals surface area contributed by atoms with Gasteiger partial charge in [0.05, 0.1) is 12.7 Å². The SMILES string of the molecule is COC(=O)CCCCNC(=O)c1cc(Cl)ccc1I. The Kier molecular flexibility index (Phi) is 7.15. The predicted molar refractivity (Wildman–Crippen MR) is 82.4 cm³/mol. The van der Waals surface area contributed by atoms with Gasteiger partial charge in [-0.2, -0.15) is 0 Å². The molecule has 0 unspecified atom stereocenters. The molecule has 1 N–H and O–H groups in total. The molecule has 0 spiro atoms. The molecule has 1 amide bonds. The van der Waals surface area contributed by atoms with E-state index in [0.717, 1.165) is 9.99 Å². The highest BCUT2D eigenvalue weighted by Crippen LogP contribution is 2.17. The van der Waals surface area contributed by atoms with Crippen LogP contribution in [0.4, 0.5) is 0 Å². The number of carbonyl (C=O) groups is 2. The van der Waals surface area contributed by atoms with Gasteiger partial charge >= 0.3 is 5.97 Å². The topological polar surface area (TPSA) is 55.4 Å². The standard InChI is InChI=1S/C13H15ClINO3/c1-19-12(17)4-2-3-7-16-13(18)10-8-9(14)5-6-11(10)15/h5-6,8H,2-4,7H2,1H3,(H,16,18). The number of benzene rings is 1. The Morgan fingerprint density at radius 3 is 2.79 bits per heavy atom. The lowest BCUT2D eigenvalue weighted by Gasteiger charge is -2.07. The summed E-state index contributed by atoms with van der Waals surface area (Å²) < 4.78 is 5.39. The number of amides is 1. The molecule has 0 heterocycles. The fourth-order valence-electron chi connectivity index (χ4n) is 1.47. The normalized spacial score (nSPS) is 10.1. The molecule has 1 aromatic carbocycles. The zero-order valence-electron chi connectivity index (χ0n) is 10.5. The van der Waals surface area contributed by atoms with E-state index in [1.54, 1.807) is 18.2 Å². The lowest BCUT2D eigenvalue weighted by molar-refractivity contribution is -0.140. The maximum absolute atomic E-state index is 11.9. The van der Waals surface area contributed by atoms with Crippen LogP contribution in [0, 0.1) is 3.57 Å². The van der Waals surface area contributed by atoms with E-state index in [4.69, 9.17) is 11.6 Å². The number of halogens is 2. The highest BCUT2D eigenvalue weighted by atomic mass is 127. The van der Waals surface area contributed by atoms with E-state index in [9.17, 15) is 9.59 Å². The Hall–Kier alpha value is -0.820. The Morgan fingerprint density at radius 2 is 2.11 bits per heavy atom. The van der Waals surface area contributed by atoms with E-state index in [-0.39, 0.29) is 11.9 Å². The monoisotopic (exact) mass is 395 g/mol. The Labute approximate surface area is 131 Å². The van der Waals surface area contributed by atoms with Gasteiger partial charge in [0.25, 0.3) is 5.91 Å². The number of ether oxygens (including phenoxy) is 1. The molecule has 0 saturated heterocycles. The summed E-state index contributed by atoms with van der Waals surface area (Å²) in [6.07, 6.45) is 1.80. The first kappa shape index (κ1) is 16.2. The fraction of sp³-hybridized carbons (Fsp3) is 0.385. The highest BCUT2D eigenvalue weighted by molar-refractivity contribution is 14.1. The molecule has 104 valence electrons. The van der Waals surface area contributed by atoms with Crippen molar-refractivity contribution in [2.24, 2.45) is 0 Å². The second kappa shape index (κ2) is 8.37. The fourth-order valence-corrected chi connectivity index (χ4v) is 2.22. The summed E-state index contributed by atoms with van der Waals surface area (Å²) in [4.78, 5) is 22.8. The summed E-state index contributed by atoms with van der Waals surface area (Å²) in [5, 5.41) is 3.34. The molecule has 0 bridgehead atoms. The minimum absolute atomic E-state index is 0.148. The van der Waals surface area contributed by atoms with Crippen LogP contribution in [0.15, 0.2) is 18.2 Å². The van der Waals surface area contributed by atoms with Gasteiger partial charge in [-0.05, 0) is 53.6 Å². The third-order valence-electron chi connectivity index (χ3n) is 2.49. The molecule has 1 aromatic rings. The third kappa shape index (κ3) is 5.78. The zero-order chi connectivity index (χ0) is 14.3. The van der Waals surface area contributed by atoms with Crippen LogP contribution in [0.2, 0.25) is 5.02 Å². The molecule has 0 aromatic heterocycles. The van der Waals surface area contributed by atoms with Crippen molar-refractivity contribution in [3.8, 4) is 0 Å². The number of nitrogens with one attached hydrogen (secondary N) is 1. The zero-order valence-corrected chi connectivity index (χ0v) is 13.5. The van der Waals surface area contributed by atoms with Gasteiger partial charge in [0.2, 0.25) is 0 Å². The van der Waals surface area contributed by atoms with E-state index < -0.39 is 0 Å². The van der Waals surface area contributed by atoms with Crippen LogP contribution in [-0.2, 0) is 9.53 Å². The van der Waals surface area contributed by atoms with Gasteiger partial charge in [0, 0.05) is 21.6 Å². The number of carbonyl (C=O) groups excluding carboxylic acids is 2. The van der Waals surface area contributed by atoms with Crippen LogP contribution in [0.1, 0.15) is 29.6 Å². The molecule has 4 nitrogen and oxygen atoms in total. The van der Waals surface area contributed by atoms with E-state index in [0.29, 0.717) is 30.0 Å². The maximum atomic E-state index is 11.9. The molecule has 1 rings (SSSR count).